The smallest absolute Gasteiger partial charge is 0.0405 e. The normalized spacial score (nSPS) is 8.83. The first-order chi connectivity index (χ1) is 11.9. The van der Waals surface area contributed by atoms with Crippen LogP contribution in [-0.2, 0) is 0 Å². The molecule has 2 nitrogen and oxygen atoms in total. The Morgan fingerprint density at radius 1 is 0.417 bits per heavy atom. The largest absolute Gasteiger partial charge is 0.355 e. The first kappa shape index (κ1) is 19.3. The van der Waals surface area contributed by atoms with E-state index >= 15 is 0 Å². The van der Waals surface area contributed by atoms with E-state index in [4.69, 9.17) is 0 Å². The van der Waals surface area contributed by atoms with Gasteiger partial charge in [0, 0.05) is 22.7 Å². The van der Waals surface area contributed by atoms with Gasteiger partial charge in [0.1, 0.15) is 0 Å². The first-order valence-corrected chi connectivity index (χ1v) is 8.64. The van der Waals surface area contributed by atoms with E-state index in [1.807, 2.05) is 70.2 Å². The van der Waals surface area contributed by atoms with Gasteiger partial charge in [0.05, 0.1) is 0 Å². The maximum atomic E-state index is 3.39. The molecule has 3 rings (SSSR count). The minimum absolute atomic E-state index is 1.07. The molecular weight excluding hydrogens is 292 g/mol. The van der Waals surface area contributed by atoms with Crippen molar-refractivity contribution in [2.24, 2.45) is 0 Å². The van der Waals surface area contributed by atoms with Gasteiger partial charge < -0.3 is 10.6 Å². The molecule has 3 aromatic carbocycles. The van der Waals surface area contributed by atoms with Gasteiger partial charge in [0.25, 0.3) is 0 Å². The standard InChI is InChI=1S/C18H16N2.2C2H6/c1-3-8-15(9-4-1)19-17-12-7-13-18(14-17)20-16-10-5-2-6-11-16;2*1-2/h1-14,19-20H;2*1-2H3. The van der Waals surface area contributed by atoms with E-state index in [-0.39, 0.29) is 0 Å². The van der Waals surface area contributed by atoms with Gasteiger partial charge in [0.15, 0.2) is 0 Å². The Balaban J connectivity index is 0.000000671. The van der Waals surface area contributed by atoms with Gasteiger partial charge in [0.2, 0.25) is 0 Å². The predicted octanol–water partition coefficient (Wildman–Crippen LogP) is 7.23. The molecular formula is C22H28N2. The summed E-state index contributed by atoms with van der Waals surface area (Å²) in [7, 11) is 0. The molecule has 0 aliphatic rings. The lowest BCUT2D eigenvalue weighted by atomic mass is 10.2. The zero-order valence-corrected chi connectivity index (χ0v) is 15.1. The predicted molar refractivity (Wildman–Crippen MR) is 109 cm³/mol. The minimum Gasteiger partial charge on any atom is -0.355 e. The van der Waals surface area contributed by atoms with Gasteiger partial charge in [-0.15, -0.1) is 0 Å². The summed E-state index contributed by atoms with van der Waals surface area (Å²) in [6.45, 7) is 8.00. The molecule has 24 heavy (non-hydrogen) atoms. The van der Waals surface area contributed by atoms with Crippen LogP contribution in [0, 0.1) is 0 Å². The maximum absolute atomic E-state index is 3.39. The first-order valence-electron chi connectivity index (χ1n) is 8.64. The second-order valence-electron chi connectivity index (χ2n) is 4.56. The molecule has 0 spiro atoms. The van der Waals surface area contributed by atoms with Crippen LogP contribution in [-0.4, -0.2) is 0 Å². The zero-order chi connectivity index (χ0) is 17.6. The summed E-state index contributed by atoms with van der Waals surface area (Å²) in [6.07, 6.45) is 0. The zero-order valence-electron chi connectivity index (χ0n) is 15.1. The number of para-hydroxylation sites is 2. The van der Waals surface area contributed by atoms with Crippen LogP contribution in [0.4, 0.5) is 22.7 Å². The number of nitrogens with one attached hydrogen (secondary N) is 2. The number of benzene rings is 3. The number of anilines is 4. The van der Waals surface area contributed by atoms with Crippen LogP contribution < -0.4 is 10.6 Å². The fourth-order valence-electron chi connectivity index (χ4n) is 2.05. The fraction of sp³-hybridized carbons (Fsp3) is 0.182. The Kier molecular flexibility index (Phi) is 9.48. The van der Waals surface area contributed by atoms with E-state index in [0.717, 1.165) is 22.7 Å². The molecule has 0 aliphatic carbocycles. The van der Waals surface area contributed by atoms with Crippen molar-refractivity contribution in [1.29, 1.82) is 0 Å². The van der Waals surface area contributed by atoms with E-state index in [2.05, 4.69) is 53.1 Å². The highest BCUT2D eigenvalue weighted by Crippen LogP contribution is 2.22. The van der Waals surface area contributed by atoms with Crippen molar-refractivity contribution >= 4 is 22.7 Å². The summed E-state index contributed by atoms with van der Waals surface area (Å²) >= 11 is 0. The molecule has 2 heteroatoms. The third kappa shape index (κ3) is 6.57. The van der Waals surface area contributed by atoms with E-state index < -0.39 is 0 Å². The lowest BCUT2D eigenvalue weighted by Crippen LogP contribution is -1.93. The van der Waals surface area contributed by atoms with E-state index in [1.165, 1.54) is 0 Å². The minimum atomic E-state index is 1.07. The summed E-state index contributed by atoms with van der Waals surface area (Å²) in [5.74, 6) is 0. The van der Waals surface area contributed by atoms with Gasteiger partial charge >= 0.3 is 0 Å². The van der Waals surface area contributed by atoms with Crippen molar-refractivity contribution in [2.75, 3.05) is 10.6 Å². The molecule has 0 heterocycles. The third-order valence-electron chi connectivity index (χ3n) is 2.99. The molecule has 2 N–H and O–H groups in total. The average Bonchev–Trinajstić information content (AvgIpc) is 2.67. The van der Waals surface area contributed by atoms with Gasteiger partial charge in [-0.1, -0.05) is 70.2 Å². The van der Waals surface area contributed by atoms with Gasteiger partial charge in [-0.3, -0.25) is 0 Å². The Morgan fingerprint density at radius 2 is 0.750 bits per heavy atom. The van der Waals surface area contributed by atoms with Crippen LogP contribution in [0.15, 0.2) is 84.9 Å². The van der Waals surface area contributed by atoms with Crippen LogP contribution in [0.2, 0.25) is 0 Å². The molecule has 126 valence electrons. The SMILES string of the molecule is CC.CC.c1ccc(Nc2cccc(Nc3ccccc3)c2)cc1. The molecule has 0 fully saturated rings. The van der Waals surface area contributed by atoms with Crippen molar-refractivity contribution in [3.05, 3.63) is 84.9 Å². The second kappa shape index (κ2) is 11.8. The molecule has 0 unspecified atom stereocenters. The molecule has 3 aromatic rings. The molecule has 0 bridgehead atoms. The third-order valence-corrected chi connectivity index (χ3v) is 2.99. The van der Waals surface area contributed by atoms with Crippen LogP contribution in [0.5, 0.6) is 0 Å². The van der Waals surface area contributed by atoms with Crippen LogP contribution in [0.25, 0.3) is 0 Å². The Labute approximate surface area is 146 Å². The molecule has 0 saturated carbocycles. The van der Waals surface area contributed by atoms with Gasteiger partial charge in [-0.2, -0.15) is 0 Å². The highest BCUT2D eigenvalue weighted by atomic mass is 14.9. The highest BCUT2D eigenvalue weighted by Gasteiger charge is 1.97. The summed E-state index contributed by atoms with van der Waals surface area (Å²) < 4.78 is 0. The van der Waals surface area contributed by atoms with Crippen molar-refractivity contribution in [2.45, 2.75) is 27.7 Å². The number of hydrogen-bond donors (Lipinski definition) is 2. The molecule has 0 aromatic heterocycles. The monoisotopic (exact) mass is 320 g/mol. The van der Waals surface area contributed by atoms with Crippen LogP contribution in [0.3, 0.4) is 0 Å². The summed E-state index contributed by atoms with van der Waals surface area (Å²) in [5, 5.41) is 6.78. The molecule has 0 radical (unpaired) electrons. The van der Waals surface area contributed by atoms with Crippen molar-refractivity contribution in [1.82, 2.24) is 0 Å². The molecule has 0 aliphatic heterocycles. The quantitative estimate of drug-likeness (QED) is 0.530. The summed E-state index contributed by atoms with van der Waals surface area (Å²) in [5.41, 5.74) is 4.31. The van der Waals surface area contributed by atoms with Crippen molar-refractivity contribution in [3.63, 3.8) is 0 Å². The van der Waals surface area contributed by atoms with Crippen molar-refractivity contribution in [3.8, 4) is 0 Å². The second-order valence-corrected chi connectivity index (χ2v) is 4.56. The Morgan fingerprint density at radius 3 is 1.12 bits per heavy atom. The molecule has 0 atom stereocenters. The summed E-state index contributed by atoms with van der Waals surface area (Å²) in [6, 6.07) is 28.6. The van der Waals surface area contributed by atoms with Crippen LogP contribution in [0.1, 0.15) is 27.7 Å². The molecule has 0 amide bonds. The average molecular weight is 320 g/mol. The fourth-order valence-corrected chi connectivity index (χ4v) is 2.05. The van der Waals surface area contributed by atoms with Gasteiger partial charge in [-0.05, 0) is 42.5 Å². The maximum Gasteiger partial charge on any atom is 0.0405 e. The van der Waals surface area contributed by atoms with E-state index in [9.17, 15) is 0 Å². The number of rotatable bonds is 4. The molecule has 0 saturated heterocycles. The topological polar surface area (TPSA) is 24.1 Å². The lowest BCUT2D eigenvalue weighted by Gasteiger charge is -2.10. The van der Waals surface area contributed by atoms with E-state index in [0.29, 0.717) is 0 Å². The van der Waals surface area contributed by atoms with E-state index in [1.54, 1.807) is 0 Å². The Bertz CT molecular complexity index is 607. The highest BCUT2D eigenvalue weighted by molar-refractivity contribution is 5.68. The lowest BCUT2D eigenvalue weighted by molar-refractivity contribution is 1.50. The van der Waals surface area contributed by atoms with Gasteiger partial charge in [-0.25, -0.2) is 0 Å². The Hall–Kier alpha value is -2.74. The summed E-state index contributed by atoms with van der Waals surface area (Å²) in [4.78, 5) is 0. The van der Waals surface area contributed by atoms with Crippen LogP contribution >= 0.6 is 0 Å². The number of hydrogen-bond acceptors (Lipinski definition) is 2. The van der Waals surface area contributed by atoms with Crippen molar-refractivity contribution < 1.29 is 0 Å².